The van der Waals surface area contributed by atoms with Crippen molar-refractivity contribution in [2.24, 2.45) is 0 Å². The molecule has 2 rings (SSSR count). The van der Waals surface area contributed by atoms with Gasteiger partial charge in [-0.05, 0) is 52.7 Å². The van der Waals surface area contributed by atoms with Gasteiger partial charge in [0.1, 0.15) is 0 Å². The molecule has 0 radical (unpaired) electrons. The van der Waals surface area contributed by atoms with Gasteiger partial charge in [0.15, 0.2) is 0 Å². The van der Waals surface area contributed by atoms with Crippen LogP contribution in [0.25, 0.3) is 0 Å². The number of nitrogens with one attached hydrogen (secondary N) is 1. The third-order valence-electron chi connectivity index (χ3n) is 2.77. The first-order valence-electron chi connectivity index (χ1n) is 5.70. The van der Waals surface area contributed by atoms with Crippen LogP contribution in [-0.2, 0) is 0 Å². The number of benzene rings is 2. The summed E-state index contributed by atoms with van der Waals surface area (Å²) in [5.74, 6) is -0.250. The molecule has 6 heteroatoms. The van der Waals surface area contributed by atoms with Gasteiger partial charge in [0.25, 0.3) is 5.91 Å². The van der Waals surface area contributed by atoms with Crippen LogP contribution in [0.2, 0.25) is 5.02 Å². The maximum Gasteiger partial charge on any atom is 0.256 e. The SMILES string of the molecule is Cc1ccc(Cl)cc1C(=O)Nc1c(N)cc(Br)cc1Br. The molecule has 0 saturated carbocycles. The van der Waals surface area contributed by atoms with Crippen LogP contribution in [0.15, 0.2) is 39.3 Å². The van der Waals surface area contributed by atoms with Crippen LogP contribution in [0.5, 0.6) is 0 Å². The monoisotopic (exact) mass is 416 g/mol. The van der Waals surface area contributed by atoms with E-state index in [1.165, 1.54) is 0 Å². The molecule has 0 aliphatic rings. The Morgan fingerprint density at radius 3 is 2.60 bits per heavy atom. The Kier molecular flexibility index (Phi) is 4.73. The molecule has 2 aromatic rings. The molecule has 0 aliphatic carbocycles. The van der Waals surface area contributed by atoms with E-state index in [0.717, 1.165) is 10.0 Å². The predicted molar refractivity (Wildman–Crippen MR) is 90.4 cm³/mol. The topological polar surface area (TPSA) is 55.1 Å². The third kappa shape index (κ3) is 3.34. The van der Waals surface area contributed by atoms with Crippen molar-refractivity contribution >= 4 is 60.7 Å². The predicted octanol–water partition coefficient (Wildman–Crippen LogP) is 5.01. The Balaban J connectivity index is 2.35. The number of halogens is 3. The van der Waals surface area contributed by atoms with E-state index in [1.54, 1.807) is 24.3 Å². The zero-order valence-electron chi connectivity index (χ0n) is 10.5. The summed E-state index contributed by atoms with van der Waals surface area (Å²) < 4.78 is 1.54. The number of anilines is 2. The molecule has 0 fully saturated rings. The molecule has 0 atom stereocenters. The van der Waals surface area contributed by atoms with E-state index >= 15 is 0 Å². The fourth-order valence-electron chi connectivity index (χ4n) is 1.75. The number of rotatable bonds is 2. The summed E-state index contributed by atoms with van der Waals surface area (Å²) in [6, 6.07) is 8.73. The molecule has 1 amide bonds. The number of hydrogen-bond acceptors (Lipinski definition) is 2. The van der Waals surface area contributed by atoms with Crippen molar-refractivity contribution in [1.29, 1.82) is 0 Å². The Hall–Kier alpha value is -1.04. The Bertz CT molecular complexity index is 666. The van der Waals surface area contributed by atoms with Gasteiger partial charge in [-0.15, -0.1) is 0 Å². The highest BCUT2D eigenvalue weighted by Crippen LogP contribution is 2.33. The second-order valence-electron chi connectivity index (χ2n) is 4.27. The van der Waals surface area contributed by atoms with Crippen LogP contribution in [0.4, 0.5) is 11.4 Å². The molecule has 0 bridgehead atoms. The van der Waals surface area contributed by atoms with Gasteiger partial charge < -0.3 is 11.1 Å². The van der Waals surface area contributed by atoms with Crippen LogP contribution in [0, 0.1) is 6.92 Å². The van der Waals surface area contributed by atoms with Gasteiger partial charge in [-0.25, -0.2) is 0 Å². The van der Waals surface area contributed by atoms with Crippen molar-refractivity contribution in [2.45, 2.75) is 6.92 Å². The highest BCUT2D eigenvalue weighted by molar-refractivity contribution is 9.11. The van der Waals surface area contributed by atoms with Gasteiger partial charge in [-0.2, -0.15) is 0 Å². The third-order valence-corrected chi connectivity index (χ3v) is 4.09. The zero-order chi connectivity index (χ0) is 14.9. The normalized spacial score (nSPS) is 10.4. The quantitative estimate of drug-likeness (QED) is 0.674. The highest BCUT2D eigenvalue weighted by atomic mass is 79.9. The summed E-state index contributed by atoms with van der Waals surface area (Å²) in [6.07, 6.45) is 0. The molecule has 0 aromatic heterocycles. The standard InChI is InChI=1S/C14H11Br2ClN2O/c1-7-2-3-9(17)6-10(7)14(20)19-13-11(16)4-8(15)5-12(13)18/h2-6H,18H2,1H3,(H,19,20). The molecule has 2 aromatic carbocycles. The van der Waals surface area contributed by atoms with Gasteiger partial charge in [0.05, 0.1) is 11.4 Å². The van der Waals surface area contributed by atoms with Crippen LogP contribution in [0.1, 0.15) is 15.9 Å². The molecule has 0 aliphatic heterocycles. The highest BCUT2D eigenvalue weighted by Gasteiger charge is 2.14. The number of amides is 1. The first kappa shape index (κ1) is 15.4. The lowest BCUT2D eigenvalue weighted by Crippen LogP contribution is -2.15. The van der Waals surface area contributed by atoms with Crippen molar-refractivity contribution in [1.82, 2.24) is 0 Å². The van der Waals surface area contributed by atoms with Crippen molar-refractivity contribution in [2.75, 3.05) is 11.1 Å². The number of carbonyl (C=O) groups is 1. The second-order valence-corrected chi connectivity index (χ2v) is 6.47. The van der Waals surface area contributed by atoms with E-state index in [0.29, 0.717) is 26.4 Å². The molecule has 3 N–H and O–H groups in total. The molecule has 0 unspecified atom stereocenters. The number of nitrogens with two attached hydrogens (primary N) is 1. The molecule has 0 saturated heterocycles. The largest absolute Gasteiger partial charge is 0.397 e. The minimum Gasteiger partial charge on any atom is -0.397 e. The summed E-state index contributed by atoms with van der Waals surface area (Å²) in [6.45, 7) is 1.85. The van der Waals surface area contributed by atoms with Crippen molar-refractivity contribution in [3.63, 3.8) is 0 Å². The Morgan fingerprint density at radius 2 is 1.95 bits per heavy atom. The van der Waals surface area contributed by atoms with E-state index in [1.807, 2.05) is 13.0 Å². The zero-order valence-corrected chi connectivity index (χ0v) is 14.4. The fourth-order valence-corrected chi connectivity index (χ4v) is 3.27. The molecule has 104 valence electrons. The maximum absolute atomic E-state index is 12.3. The van der Waals surface area contributed by atoms with Gasteiger partial charge in [-0.3, -0.25) is 4.79 Å². The Labute approximate surface area is 138 Å². The lowest BCUT2D eigenvalue weighted by atomic mass is 10.1. The number of aryl methyl sites for hydroxylation is 1. The summed E-state index contributed by atoms with van der Waals surface area (Å²) >= 11 is 12.6. The van der Waals surface area contributed by atoms with Crippen molar-refractivity contribution < 1.29 is 4.79 Å². The number of hydrogen-bond donors (Lipinski definition) is 2. The summed E-state index contributed by atoms with van der Waals surface area (Å²) in [5, 5.41) is 3.32. The van der Waals surface area contributed by atoms with Crippen LogP contribution < -0.4 is 11.1 Å². The smallest absolute Gasteiger partial charge is 0.256 e. The second kappa shape index (κ2) is 6.16. The summed E-state index contributed by atoms with van der Waals surface area (Å²) in [7, 11) is 0. The van der Waals surface area contributed by atoms with Crippen LogP contribution in [-0.4, -0.2) is 5.91 Å². The number of carbonyl (C=O) groups excluding carboxylic acids is 1. The first-order valence-corrected chi connectivity index (χ1v) is 7.67. The average Bonchev–Trinajstić information content (AvgIpc) is 2.36. The summed E-state index contributed by atoms with van der Waals surface area (Å²) in [5.41, 5.74) is 8.29. The van der Waals surface area contributed by atoms with E-state index in [4.69, 9.17) is 17.3 Å². The molecular weight excluding hydrogens is 407 g/mol. The van der Waals surface area contributed by atoms with Gasteiger partial charge in [-0.1, -0.05) is 33.6 Å². The molecule has 0 heterocycles. The van der Waals surface area contributed by atoms with E-state index < -0.39 is 0 Å². The summed E-state index contributed by atoms with van der Waals surface area (Å²) in [4.78, 5) is 12.3. The van der Waals surface area contributed by atoms with Crippen LogP contribution in [0.3, 0.4) is 0 Å². The van der Waals surface area contributed by atoms with Gasteiger partial charge >= 0.3 is 0 Å². The maximum atomic E-state index is 12.3. The van der Waals surface area contributed by atoms with Crippen molar-refractivity contribution in [3.8, 4) is 0 Å². The molecule has 20 heavy (non-hydrogen) atoms. The van der Waals surface area contributed by atoms with Crippen molar-refractivity contribution in [3.05, 3.63) is 55.4 Å². The fraction of sp³-hybridized carbons (Fsp3) is 0.0714. The molecule has 3 nitrogen and oxygen atoms in total. The minimum atomic E-state index is -0.250. The van der Waals surface area contributed by atoms with Crippen LogP contribution >= 0.6 is 43.5 Å². The van der Waals surface area contributed by atoms with E-state index in [9.17, 15) is 4.79 Å². The lowest BCUT2D eigenvalue weighted by Gasteiger charge is -2.12. The van der Waals surface area contributed by atoms with Gasteiger partial charge in [0, 0.05) is 19.5 Å². The lowest BCUT2D eigenvalue weighted by molar-refractivity contribution is 0.102. The van der Waals surface area contributed by atoms with E-state index in [-0.39, 0.29) is 5.91 Å². The van der Waals surface area contributed by atoms with Gasteiger partial charge in [0.2, 0.25) is 0 Å². The molecule has 0 spiro atoms. The first-order chi connectivity index (χ1) is 9.38. The van der Waals surface area contributed by atoms with E-state index in [2.05, 4.69) is 37.2 Å². The Morgan fingerprint density at radius 1 is 1.25 bits per heavy atom. The minimum absolute atomic E-state index is 0.250. The average molecular weight is 419 g/mol. The number of nitrogen functional groups attached to an aromatic ring is 1. The molecular formula is C14H11Br2ClN2O.